The van der Waals surface area contributed by atoms with Crippen molar-refractivity contribution < 1.29 is 0 Å². The van der Waals surface area contributed by atoms with E-state index in [-0.39, 0.29) is 6.17 Å². The Bertz CT molecular complexity index is 784. The first-order valence-corrected chi connectivity index (χ1v) is 8.07. The van der Waals surface area contributed by atoms with E-state index < -0.39 is 0 Å². The van der Waals surface area contributed by atoms with Gasteiger partial charge in [-0.25, -0.2) is 0 Å². The largest absolute Gasteiger partial charge is 0.359 e. The maximum Gasteiger partial charge on any atom is 0.130 e. The number of hydrogen-bond donors (Lipinski definition) is 1. The summed E-state index contributed by atoms with van der Waals surface area (Å²) in [5.74, 6) is 0. The van der Waals surface area contributed by atoms with Crippen molar-refractivity contribution in [2.24, 2.45) is 0 Å². The molecule has 3 aromatic rings. The third kappa shape index (κ3) is 2.28. The molecule has 1 N–H and O–H groups in total. The number of nitrogens with one attached hydrogen (secondary N) is 1. The van der Waals surface area contributed by atoms with E-state index >= 15 is 0 Å². The lowest BCUT2D eigenvalue weighted by Crippen LogP contribution is -2.23. The van der Waals surface area contributed by atoms with Crippen LogP contribution >= 0.6 is 15.9 Å². The van der Waals surface area contributed by atoms with Crippen molar-refractivity contribution in [2.75, 3.05) is 10.2 Å². The second kappa shape index (κ2) is 5.50. The summed E-state index contributed by atoms with van der Waals surface area (Å²) in [5.41, 5.74) is 4.80. The first kappa shape index (κ1) is 13.4. The molecule has 2 nitrogen and oxygen atoms in total. The molecule has 3 heteroatoms. The average molecular weight is 351 g/mol. The summed E-state index contributed by atoms with van der Waals surface area (Å²) >= 11 is 3.51. The fourth-order valence-corrected chi connectivity index (χ4v) is 3.18. The van der Waals surface area contributed by atoms with Crippen LogP contribution in [0.2, 0.25) is 0 Å². The van der Waals surface area contributed by atoms with Gasteiger partial charge in [0.05, 0.1) is 11.4 Å². The van der Waals surface area contributed by atoms with Gasteiger partial charge in [-0.05, 0) is 42.0 Å². The van der Waals surface area contributed by atoms with E-state index in [1.165, 1.54) is 22.6 Å². The highest BCUT2D eigenvalue weighted by Crippen LogP contribution is 2.45. The predicted molar refractivity (Wildman–Crippen MR) is 95.5 cm³/mol. The van der Waals surface area contributed by atoms with E-state index in [0.717, 1.165) is 4.47 Å². The molecule has 1 unspecified atom stereocenters. The van der Waals surface area contributed by atoms with Gasteiger partial charge in [0.1, 0.15) is 6.17 Å². The van der Waals surface area contributed by atoms with Gasteiger partial charge in [0, 0.05) is 10.2 Å². The van der Waals surface area contributed by atoms with Crippen LogP contribution in [0.25, 0.3) is 0 Å². The Kier molecular flexibility index (Phi) is 3.35. The molecule has 108 valence electrons. The van der Waals surface area contributed by atoms with Gasteiger partial charge in [-0.1, -0.05) is 58.4 Å². The summed E-state index contributed by atoms with van der Waals surface area (Å²) in [4.78, 5) is 2.35. The van der Waals surface area contributed by atoms with Crippen LogP contribution in [0.5, 0.6) is 0 Å². The molecule has 0 saturated heterocycles. The number of benzene rings is 3. The van der Waals surface area contributed by atoms with Gasteiger partial charge in [0.2, 0.25) is 0 Å². The van der Waals surface area contributed by atoms with Crippen molar-refractivity contribution in [3.63, 3.8) is 0 Å². The smallest absolute Gasteiger partial charge is 0.130 e. The molecule has 0 spiro atoms. The summed E-state index contributed by atoms with van der Waals surface area (Å²) in [5, 5.41) is 3.63. The third-order valence-electron chi connectivity index (χ3n) is 3.93. The lowest BCUT2D eigenvalue weighted by molar-refractivity contribution is 0.828. The second-order valence-electron chi connectivity index (χ2n) is 5.32. The zero-order valence-electron chi connectivity index (χ0n) is 11.9. The fourth-order valence-electron chi connectivity index (χ4n) is 2.91. The number of rotatable bonds is 2. The Morgan fingerprint density at radius 1 is 0.773 bits per heavy atom. The lowest BCUT2D eigenvalue weighted by atomic mass is 10.1. The van der Waals surface area contributed by atoms with Crippen molar-refractivity contribution >= 4 is 33.0 Å². The highest BCUT2D eigenvalue weighted by atomic mass is 79.9. The Labute approximate surface area is 138 Å². The summed E-state index contributed by atoms with van der Waals surface area (Å²) < 4.78 is 1.10. The van der Waals surface area contributed by atoms with Gasteiger partial charge >= 0.3 is 0 Å². The Morgan fingerprint density at radius 2 is 1.45 bits per heavy atom. The first-order valence-electron chi connectivity index (χ1n) is 7.28. The molecule has 0 aliphatic carbocycles. The molecule has 1 aliphatic rings. The average Bonchev–Trinajstić information content (AvgIpc) is 2.96. The molecule has 0 bridgehead atoms. The molecule has 0 fully saturated rings. The maximum absolute atomic E-state index is 3.63. The Balaban J connectivity index is 1.83. The van der Waals surface area contributed by atoms with Crippen molar-refractivity contribution in [3.8, 4) is 0 Å². The molecular formula is C19H15BrN2. The highest BCUT2D eigenvalue weighted by molar-refractivity contribution is 9.10. The van der Waals surface area contributed by atoms with Crippen molar-refractivity contribution in [1.82, 2.24) is 0 Å². The maximum atomic E-state index is 3.63. The molecule has 1 heterocycles. The van der Waals surface area contributed by atoms with E-state index in [1.807, 2.05) is 6.07 Å². The lowest BCUT2D eigenvalue weighted by Gasteiger charge is -2.27. The normalized spacial score (nSPS) is 16.2. The SMILES string of the molecule is Brc1ccc(C2Nc3ccccc3N2c2ccccc2)cc1. The number of halogens is 1. The van der Waals surface area contributed by atoms with Crippen molar-refractivity contribution in [3.05, 3.63) is 88.9 Å². The standard InChI is InChI=1S/C19H15BrN2/c20-15-12-10-14(11-13-15)19-21-17-8-4-5-9-18(17)22(19)16-6-2-1-3-7-16/h1-13,19,21H. The van der Waals surface area contributed by atoms with Gasteiger partial charge in [0.25, 0.3) is 0 Å². The van der Waals surface area contributed by atoms with Gasteiger partial charge in [-0.3, -0.25) is 0 Å². The van der Waals surface area contributed by atoms with E-state index in [4.69, 9.17) is 0 Å². The van der Waals surface area contributed by atoms with Gasteiger partial charge in [-0.15, -0.1) is 0 Å². The van der Waals surface area contributed by atoms with Crippen LogP contribution in [0, 0.1) is 0 Å². The second-order valence-corrected chi connectivity index (χ2v) is 6.24. The number of anilines is 3. The summed E-state index contributed by atoms with van der Waals surface area (Å²) in [6, 6.07) is 27.4. The highest BCUT2D eigenvalue weighted by Gasteiger charge is 2.30. The van der Waals surface area contributed by atoms with E-state index in [9.17, 15) is 0 Å². The molecular weight excluding hydrogens is 336 g/mol. The van der Waals surface area contributed by atoms with Crippen molar-refractivity contribution in [1.29, 1.82) is 0 Å². The quantitative estimate of drug-likeness (QED) is 0.636. The summed E-state index contributed by atoms with van der Waals surface area (Å²) in [6.07, 6.45) is 0.105. The number of para-hydroxylation sites is 3. The minimum atomic E-state index is 0.105. The van der Waals surface area contributed by atoms with Gasteiger partial charge in [-0.2, -0.15) is 0 Å². The van der Waals surface area contributed by atoms with E-state index in [0.29, 0.717) is 0 Å². The van der Waals surface area contributed by atoms with Crippen molar-refractivity contribution in [2.45, 2.75) is 6.17 Å². The zero-order valence-corrected chi connectivity index (χ0v) is 13.5. The zero-order chi connectivity index (χ0) is 14.9. The summed E-state index contributed by atoms with van der Waals surface area (Å²) in [6.45, 7) is 0. The molecule has 0 aromatic heterocycles. The molecule has 0 amide bonds. The van der Waals surface area contributed by atoms with Crippen LogP contribution in [0.3, 0.4) is 0 Å². The number of hydrogen-bond acceptors (Lipinski definition) is 2. The Morgan fingerprint density at radius 3 is 2.23 bits per heavy atom. The number of fused-ring (bicyclic) bond motifs is 1. The molecule has 3 aromatic carbocycles. The fraction of sp³-hybridized carbons (Fsp3) is 0.0526. The van der Waals surface area contributed by atoms with E-state index in [1.54, 1.807) is 0 Å². The van der Waals surface area contributed by atoms with Crippen LogP contribution < -0.4 is 10.2 Å². The predicted octanol–water partition coefficient (Wildman–Crippen LogP) is 5.71. The van der Waals surface area contributed by atoms with Crippen LogP contribution in [0.4, 0.5) is 17.1 Å². The minimum absolute atomic E-state index is 0.105. The summed E-state index contributed by atoms with van der Waals surface area (Å²) in [7, 11) is 0. The van der Waals surface area contributed by atoms with Crippen LogP contribution in [0.1, 0.15) is 11.7 Å². The molecule has 0 saturated carbocycles. The van der Waals surface area contributed by atoms with Gasteiger partial charge in [0.15, 0.2) is 0 Å². The van der Waals surface area contributed by atoms with Crippen LogP contribution in [-0.4, -0.2) is 0 Å². The van der Waals surface area contributed by atoms with Crippen LogP contribution in [0.15, 0.2) is 83.3 Å². The van der Waals surface area contributed by atoms with Gasteiger partial charge < -0.3 is 10.2 Å². The number of nitrogens with zero attached hydrogens (tertiary/aromatic N) is 1. The molecule has 4 rings (SSSR count). The Hall–Kier alpha value is -2.26. The molecule has 22 heavy (non-hydrogen) atoms. The third-order valence-corrected chi connectivity index (χ3v) is 4.46. The topological polar surface area (TPSA) is 15.3 Å². The molecule has 1 atom stereocenters. The molecule has 0 radical (unpaired) electrons. The van der Waals surface area contributed by atoms with Crippen LogP contribution in [-0.2, 0) is 0 Å². The molecule has 1 aliphatic heterocycles. The monoisotopic (exact) mass is 350 g/mol. The minimum Gasteiger partial charge on any atom is -0.359 e. The van der Waals surface area contributed by atoms with E-state index in [2.05, 4.69) is 98.9 Å². The first-order chi connectivity index (χ1) is 10.8.